The largest absolute Gasteiger partial charge is 0.462 e. The van der Waals surface area contributed by atoms with Crippen molar-refractivity contribution in [3.05, 3.63) is 46.2 Å². The van der Waals surface area contributed by atoms with Gasteiger partial charge in [0.25, 0.3) is 0 Å². The summed E-state index contributed by atoms with van der Waals surface area (Å²) in [4.78, 5) is 32.9. The van der Waals surface area contributed by atoms with Crippen LogP contribution in [0.3, 0.4) is 0 Å². The van der Waals surface area contributed by atoms with Gasteiger partial charge < -0.3 is 9.64 Å². The number of ether oxygens (including phenoxy) is 1. The number of aryl methyl sites for hydroxylation is 1. The van der Waals surface area contributed by atoms with Crippen LogP contribution >= 0.6 is 24.8 Å². The second kappa shape index (κ2) is 8.71. The van der Waals surface area contributed by atoms with E-state index in [-0.39, 0.29) is 38.0 Å². The lowest BCUT2D eigenvalue weighted by Crippen LogP contribution is -2.33. The Kier molecular flexibility index (Phi) is 6.83. The molecule has 0 spiro atoms. The molecule has 3 rings (SSSR count). The van der Waals surface area contributed by atoms with E-state index in [4.69, 9.17) is 4.74 Å². The Bertz CT molecular complexity index is 826. The molecule has 2 aromatic rings. The first-order valence-electron chi connectivity index (χ1n) is 8.37. The molecule has 2 amide bonds. The number of nitrogens with zero attached hydrogens (tertiary/aromatic N) is 3. The van der Waals surface area contributed by atoms with Crippen LogP contribution in [0.2, 0.25) is 0 Å². The molecule has 1 saturated heterocycles. The quantitative estimate of drug-likeness (QED) is 0.704. The van der Waals surface area contributed by atoms with Crippen molar-refractivity contribution in [2.24, 2.45) is 0 Å². The fraction of sp³-hybridized carbons (Fsp3) is 0.389. The summed E-state index contributed by atoms with van der Waals surface area (Å²) in [6.07, 6.45) is 0. The molecule has 1 aliphatic rings. The summed E-state index contributed by atoms with van der Waals surface area (Å²) < 4.78 is 18.1. The summed E-state index contributed by atoms with van der Waals surface area (Å²) >= 11 is 1.16. The summed E-state index contributed by atoms with van der Waals surface area (Å²) in [5.41, 5.74) is 1.41. The molecule has 2 heterocycles. The van der Waals surface area contributed by atoms with Crippen LogP contribution in [0.25, 0.3) is 0 Å². The average molecular weight is 412 g/mol. The predicted octanol–water partition coefficient (Wildman–Crippen LogP) is 3.71. The molecule has 1 fully saturated rings. The smallest absolute Gasteiger partial charge is 0.350 e. The Labute approximate surface area is 168 Å². The van der Waals surface area contributed by atoms with Crippen molar-refractivity contribution < 1.29 is 18.7 Å². The predicted molar refractivity (Wildman–Crippen MR) is 107 cm³/mol. The highest BCUT2D eigenvalue weighted by Gasteiger charge is 2.37. The highest BCUT2D eigenvalue weighted by Crippen LogP contribution is 2.31. The van der Waals surface area contributed by atoms with Crippen molar-refractivity contribution in [1.29, 1.82) is 0 Å². The van der Waals surface area contributed by atoms with Crippen LogP contribution in [0.5, 0.6) is 0 Å². The molecule has 146 valence electrons. The van der Waals surface area contributed by atoms with Crippen molar-refractivity contribution in [1.82, 2.24) is 9.88 Å². The number of hydrogen-bond donors (Lipinski definition) is 0. The first kappa shape index (κ1) is 21.2. The summed E-state index contributed by atoms with van der Waals surface area (Å²) in [6.45, 7) is 6.59. The number of urea groups is 1. The Morgan fingerprint density at radius 1 is 1.37 bits per heavy atom. The maximum absolute atomic E-state index is 13.1. The minimum atomic E-state index is -0.420. The zero-order chi connectivity index (χ0) is 18.8. The van der Waals surface area contributed by atoms with Crippen molar-refractivity contribution >= 4 is 42.0 Å². The second-order valence-electron chi connectivity index (χ2n) is 6.13. The number of anilines is 1. The molecule has 0 radical (unpaired) electrons. The number of hydrogen-bond acceptors (Lipinski definition) is 5. The van der Waals surface area contributed by atoms with E-state index in [1.165, 1.54) is 12.1 Å². The van der Waals surface area contributed by atoms with Crippen LogP contribution in [-0.2, 0) is 11.3 Å². The molecule has 1 aromatic carbocycles. The average Bonchev–Trinajstić information content (AvgIpc) is 3.12. The van der Waals surface area contributed by atoms with Crippen molar-refractivity contribution in [2.75, 3.05) is 18.1 Å². The van der Waals surface area contributed by atoms with E-state index >= 15 is 0 Å². The third-order valence-corrected chi connectivity index (χ3v) is 5.36. The van der Waals surface area contributed by atoms with Gasteiger partial charge in [0.15, 0.2) is 5.13 Å². The molecule has 0 saturated carbocycles. The van der Waals surface area contributed by atoms with E-state index in [0.717, 1.165) is 16.9 Å². The number of benzene rings is 1. The lowest BCUT2D eigenvalue weighted by molar-refractivity contribution is 0.0531. The summed E-state index contributed by atoms with van der Waals surface area (Å²) in [6, 6.07) is 5.91. The summed E-state index contributed by atoms with van der Waals surface area (Å²) in [7, 11) is 0. The lowest BCUT2D eigenvalue weighted by atomic mass is 10.2. The molecule has 0 N–H and O–H groups in total. The molecular formula is C18H22FN3O3S2. The number of rotatable bonds is 5. The molecule has 27 heavy (non-hydrogen) atoms. The molecule has 1 aliphatic heterocycles. The van der Waals surface area contributed by atoms with Gasteiger partial charge in [-0.15, -0.1) is 0 Å². The van der Waals surface area contributed by atoms with E-state index in [0.29, 0.717) is 28.8 Å². The summed E-state index contributed by atoms with van der Waals surface area (Å²) in [5, 5.41) is 0.490. The Balaban J connectivity index is 0.00000261. The van der Waals surface area contributed by atoms with Gasteiger partial charge in [0.2, 0.25) is 0 Å². The van der Waals surface area contributed by atoms with Crippen molar-refractivity contribution in [3.63, 3.8) is 0 Å². The lowest BCUT2D eigenvalue weighted by Gasteiger charge is -2.20. The van der Waals surface area contributed by atoms with Crippen LogP contribution in [-0.4, -0.2) is 41.1 Å². The number of carbonyl (C=O) groups is 2. The van der Waals surface area contributed by atoms with Gasteiger partial charge in [-0.05, 0) is 38.5 Å². The Morgan fingerprint density at radius 2 is 2.04 bits per heavy atom. The van der Waals surface area contributed by atoms with E-state index in [1.54, 1.807) is 35.8 Å². The number of aromatic nitrogens is 1. The zero-order valence-electron chi connectivity index (χ0n) is 15.4. The van der Waals surface area contributed by atoms with Gasteiger partial charge in [0, 0.05) is 12.6 Å². The standard InChI is InChI=1S/C18H20FN3O3S.H2S/c1-4-25-16(23)15-12(3)20-17(26-15)22-9-11(2)21(18(22)24)10-13-5-7-14(19)8-6-13;/h5-8,11H,4,9-10H2,1-3H3;1H2/t11-;/m0./s1. The van der Waals surface area contributed by atoms with Crippen LogP contribution in [0.15, 0.2) is 24.3 Å². The highest BCUT2D eigenvalue weighted by molar-refractivity contribution is 7.59. The number of halogens is 1. The second-order valence-corrected chi connectivity index (χ2v) is 7.11. The van der Waals surface area contributed by atoms with E-state index < -0.39 is 5.97 Å². The molecule has 9 heteroatoms. The molecule has 1 aromatic heterocycles. The van der Waals surface area contributed by atoms with Crippen LogP contribution in [0.1, 0.15) is 34.8 Å². The highest BCUT2D eigenvalue weighted by atomic mass is 32.1. The van der Waals surface area contributed by atoms with E-state index in [1.807, 2.05) is 6.92 Å². The van der Waals surface area contributed by atoms with E-state index in [9.17, 15) is 14.0 Å². The minimum absolute atomic E-state index is 0. The maximum Gasteiger partial charge on any atom is 0.350 e. The molecule has 1 atom stereocenters. The number of carbonyl (C=O) groups excluding carboxylic acids is 2. The van der Waals surface area contributed by atoms with Gasteiger partial charge in [0.05, 0.1) is 18.8 Å². The molecule has 0 unspecified atom stereocenters. The SMILES string of the molecule is CCOC(=O)c1sc(N2C[C@H](C)N(Cc3ccc(F)cc3)C2=O)nc1C.S. The maximum atomic E-state index is 13.1. The number of amides is 2. The van der Waals surface area contributed by atoms with Crippen molar-refractivity contribution in [3.8, 4) is 0 Å². The Morgan fingerprint density at radius 3 is 2.67 bits per heavy atom. The third-order valence-electron chi connectivity index (χ3n) is 4.20. The van der Waals surface area contributed by atoms with Crippen molar-refractivity contribution in [2.45, 2.75) is 33.4 Å². The fourth-order valence-electron chi connectivity index (χ4n) is 2.84. The number of esters is 1. The monoisotopic (exact) mass is 411 g/mol. The minimum Gasteiger partial charge on any atom is -0.462 e. The van der Waals surface area contributed by atoms with E-state index in [2.05, 4.69) is 4.98 Å². The van der Waals surface area contributed by atoms with Gasteiger partial charge in [-0.25, -0.2) is 19.0 Å². The normalized spacial score (nSPS) is 16.4. The Hall–Kier alpha value is -2.13. The molecule has 6 nitrogen and oxygen atoms in total. The first-order valence-corrected chi connectivity index (χ1v) is 9.19. The molecular weight excluding hydrogens is 389 g/mol. The fourth-order valence-corrected chi connectivity index (χ4v) is 3.80. The molecule has 0 bridgehead atoms. The van der Waals surface area contributed by atoms with Gasteiger partial charge in [-0.3, -0.25) is 4.90 Å². The summed E-state index contributed by atoms with van der Waals surface area (Å²) in [5.74, 6) is -0.724. The van der Waals surface area contributed by atoms with Gasteiger partial charge in [-0.2, -0.15) is 13.5 Å². The van der Waals surface area contributed by atoms with Crippen LogP contribution < -0.4 is 4.90 Å². The zero-order valence-corrected chi connectivity index (χ0v) is 17.2. The van der Waals surface area contributed by atoms with Crippen LogP contribution in [0.4, 0.5) is 14.3 Å². The van der Waals surface area contributed by atoms with Gasteiger partial charge in [-0.1, -0.05) is 23.5 Å². The topological polar surface area (TPSA) is 62.7 Å². The van der Waals surface area contributed by atoms with Gasteiger partial charge >= 0.3 is 12.0 Å². The van der Waals surface area contributed by atoms with Crippen LogP contribution in [0, 0.1) is 12.7 Å². The first-order chi connectivity index (χ1) is 12.4. The third kappa shape index (κ3) is 4.41. The number of thiazole rings is 1. The van der Waals surface area contributed by atoms with Gasteiger partial charge in [0.1, 0.15) is 10.7 Å². The molecule has 0 aliphatic carbocycles.